The molecule has 0 saturated carbocycles. The average Bonchev–Trinajstić information content (AvgIpc) is 2.71. The van der Waals surface area contributed by atoms with Gasteiger partial charge < -0.3 is 29.7 Å². The first-order valence-corrected chi connectivity index (χ1v) is 9.72. The average molecular weight is 521 g/mol. The summed E-state index contributed by atoms with van der Waals surface area (Å²) in [5, 5.41) is 6.79. The molecule has 0 amide bonds. The number of hydrogen-bond acceptors (Lipinski definition) is 6. The zero-order valence-electron chi connectivity index (χ0n) is 18.4. The van der Waals surface area contributed by atoms with Crippen molar-refractivity contribution in [3.63, 3.8) is 0 Å². The van der Waals surface area contributed by atoms with E-state index in [1.54, 1.807) is 21.3 Å². The Morgan fingerprint density at radius 2 is 1.72 bits per heavy atom. The van der Waals surface area contributed by atoms with Crippen molar-refractivity contribution in [3.8, 4) is 17.2 Å². The summed E-state index contributed by atoms with van der Waals surface area (Å²) in [4.78, 5) is 9.49. The number of piperazine rings is 1. The van der Waals surface area contributed by atoms with E-state index in [1.165, 1.54) is 0 Å². The molecule has 0 aromatic heterocycles. The van der Waals surface area contributed by atoms with E-state index in [0.29, 0.717) is 29.8 Å². The molecule has 1 saturated heterocycles. The van der Waals surface area contributed by atoms with Crippen LogP contribution in [0.2, 0.25) is 0 Å². The van der Waals surface area contributed by atoms with Gasteiger partial charge in [-0.3, -0.25) is 4.90 Å². The lowest BCUT2D eigenvalue weighted by Gasteiger charge is -2.37. The fourth-order valence-electron chi connectivity index (χ4n) is 3.28. The lowest BCUT2D eigenvalue weighted by molar-refractivity contribution is 0.116. The van der Waals surface area contributed by atoms with Gasteiger partial charge in [-0.1, -0.05) is 0 Å². The Labute approximate surface area is 192 Å². The van der Waals surface area contributed by atoms with E-state index in [4.69, 9.17) is 19.2 Å². The van der Waals surface area contributed by atoms with E-state index in [1.807, 2.05) is 12.1 Å². The molecule has 1 atom stereocenters. The number of hydrogen-bond donors (Lipinski definition) is 2. The van der Waals surface area contributed by atoms with Gasteiger partial charge in [0.1, 0.15) is 0 Å². The zero-order chi connectivity index (χ0) is 20.5. The van der Waals surface area contributed by atoms with Gasteiger partial charge in [-0.15, -0.1) is 24.0 Å². The number of nitrogens with one attached hydrogen (secondary N) is 2. The van der Waals surface area contributed by atoms with Crippen LogP contribution in [0.15, 0.2) is 17.1 Å². The van der Waals surface area contributed by atoms with E-state index in [-0.39, 0.29) is 24.0 Å². The number of methoxy groups -OCH3 is 3. The Bertz CT molecular complexity index is 634. The smallest absolute Gasteiger partial charge is 0.203 e. The quantitative estimate of drug-likeness (QED) is 0.306. The summed E-state index contributed by atoms with van der Waals surface area (Å²) in [6, 6.07) is 4.32. The van der Waals surface area contributed by atoms with Crippen molar-refractivity contribution in [1.82, 2.24) is 20.4 Å². The van der Waals surface area contributed by atoms with Gasteiger partial charge in [-0.25, -0.2) is 4.99 Å². The lowest BCUT2D eigenvalue weighted by Crippen LogP contribution is -2.55. The Morgan fingerprint density at radius 3 is 2.28 bits per heavy atom. The van der Waals surface area contributed by atoms with Crippen molar-refractivity contribution in [2.75, 3.05) is 68.1 Å². The minimum absolute atomic E-state index is 0. The predicted octanol–water partition coefficient (Wildman–Crippen LogP) is 1.63. The number of rotatable bonds is 8. The van der Waals surface area contributed by atoms with Crippen molar-refractivity contribution >= 4 is 29.9 Å². The molecule has 29 heavy (non-hydrogen) atoms. The Balaban J connectivity index is 0.00000420. The molecule has 1 aromatic rings. The second-order valence-electron chi connectivity index (χ2n) is 7.01. The number of likely N-dealkylation sites (N-methyl/N-ethyl adjacent to an activating group) is 2. The van der Waals surface area contributed by atoms with Crippen LogP contribution >= 0.6 is 24.0 Å². The molecule has 0 spiro atoms. The van der Waals surface area contributed by atoms with Crippen LogP contribution in [0.5, 0.6) is 17.2 Å². The van der Waals surface area contributed by atoms with Crippen LogP contribution in [0.4, 0.5) is 0 Å². The topological polar surface area (TPSA) is 70.6 Å². The fraction of sp³-hybridized carbons (Fsp3) is 0.650. The van der Waals surface area contributed by atoms with Crippen LogP contribution in [-0.4, -0.2) is 89.9 Å². The lowest BCUT2D eigenvalue weighted by atomic mass is 10.2. The summed E-state index contributed by atoms with van der Waals surface area (Å²) < 4.78 is 16.2. The molecule has 1 aliphatic heterocycles. The maximum Gasteiger partial charge on any atom is 0.203 e. The van der Waals surface area contributed by atoms with Crippen LogP contribution in [0.1, 0.15) is 12.5 Å². The van der Waals surface area contributed by atoms with Crippen molar-refractivity contribution in [3.05, 3.63) is 17.7 Å². The van der Waals surface area contributed by atoms with E-state index in [9.17, 15) is 0 Å². The molecular weight excluding hydrogens is 485 g/mol. The monoisotopic (exact) mass is 521 g/mol. The minimum atomic E-state index is 0. The van der Waals surface area contributed by atoms with Gasteiger partial charge in [0.2, 0.25) is 5.75 Å². The summed E-state index contributed by atoms with van der Waals surface area (Å²) in [5.41, 5.74) is 0.987. The third-order valence-corrected chi connectivity index (χ3v) is 4.97. The normalized spacial score (nSPS) is 18.0. The summed E-state index contributed by atoms with van der Waals surface area (Å²) in [6.07, 6.45) is 0. The molecule has 1 fully saturated rings. The Morgan fingerprint density at radius 1 is 1.07 bits per heavy atom. The van der Waals surface area contributed by atoms with Crippen molar-refractivity contribution in [2.24, 2.45) is 4.99 Å². The Hall–Kier alpha value is -1.46. The summed E-state index contributed by atoms with van der Waals surface area (Å²) >= 11 is 0. The highest BCUT2D eigenvalue weighted by atomic mass is 127. The molecule has 2 N–H and O–H groups in total. The number of ether oxygens (including phenoxy) is 3. The van der Waals surface area contributed by atoms with Crippen LogP contribution in [0.3, 0.4) is 0 Å². The summed E-state index contributed by atoms with van der Waals surface area (Å²) in [6.45, 7) is 7.48. The molecule has 0 radical (unpaired) electrons. The van der Waals surface area contributed by atoms with Crippen LogP contribution in [0, 0.1) is 0 Å². The fourth-order valence-corrected chi connectivity index (χ4v) is 3.28. The van der Waals surface area contributed by atoms with Crippen molar-refractivity contribution in [1.29, 1.82) is 0 Å². The van der Waals surface area contributed by atoms with Crippen LogP contribution < -0.4 is 24.8 Å². The molecule has 1 heterocycles. The van der Waals surface area contributed by atoms with Crippen LogP contribution in [-0.2, 0) is 6.54 Å². The standard InChI is InChI=1S/C20H35N5O3.HI/c1-7-21-20(23-13-16-14-24(2)8-9-25(16)3)22-12-15-10-17(26-4)19(28-6)18(11-15)27-5;/h10-11,16H,7-9,12-14H2,1-6H3,(H2,21,22,23);1H. The maximum atomic E-state index is 5.43. The van der Waals surface area contributed by atoms with Gasteiger partial charge >= 0.3 is 0 Å². The first-order chi connectivity index (χ1) is 13.5. The highest BCUT2D eigenvalue weighted by Gasteiger charge is 2.22. The van der Waals surface area contributed by atoms with E-state index in [2.05, 4.69) is 41.5 Å². The molecule has 166 valence electrons. The molecule has 1 unspecified atom stereocenters. The van der Waals surface area contributed by atoms with Gasteiger partial charge in [0.15, 0.2) is 17.5 Å². The van der Waals surface area contributed by atoms with Gasteiger partial charge in [-0.05, 0) is 38.7 Å². The highest BCUT2D eigenvalue weighted by Crippen LogP contribution is 2.38. The van der Waals surface area contributed by atoms with Crippen molar-refractivity contribution < 1.29 is 14.2 Å². The Kier molecular flexibility index (Phi) is 11.4. The number of aliphatic imine (C=N–C) groups is 1. The first kappa shape index (κ1) is 25.6. The molecule has 8 nitrogen and oxygen atoms in total. The predicted molar refractivity (Wildman–Crippen MR) is 128 cm³/mol. The number of guanidine groups is 1. The van der Waals surface area contributed by atoms with E-state index in [0.717, 1.165) is 44.2 Å². The summed E-state index contributed by atoms with van der Waals surface area (Å²) in [7, 11) is 9.19. The molecule has 0 aliphatic carbocycles. The SMILES string of the molecule is CCNC(=NCc1cc(OC)c(OC)c(OC)c1)NCC1CN(C)CCN1C.I. The zero-order valence-corrected chi connectivity index (χ0v) is 20.8. The first-order valence-electron chi connectivity index (χ1n) is 9.72. The number of benzene rings is 1. The minimum Gasteiger partial charge on any atom is -0.493 e. The number of nitrogens with zero attached hydrogens (tertiary/aromatic N) is 3. The molecule has 2 rings (SSSR count). The molecule has 9 heteroatoms. The third-order valence-electron chi connectivity index (χ3n) is 4.97. The highest BCUT2D eigenvalue weighted by molar-refractivity contribution is 14.0. The van der Waals surface area contributed by atoms with Gasteiger partial charge in [0.25, 0.3) is 0 Å². The molecule has 1 aromatic carbocycles. The van der Waals surface area contributed by atoms with Gasteiger partial charge in [-0.2, -0.15) is 0 Å². The molecule has 1 aliphatic rings. The van der Waals surface area contributed by atoms with Crippen LogP contribution in [0.25, 0.3) is 0 Å². The second-order valence-corrected chi connectivity index (χ2v) is 7.01. The summed E-state index contributed by atoms with van der Waals surface area (Å²) in [5.74, 6) is 2.67. The van der Waals surface area contributed by atoms with Gasteiger partial charge in [0, 0.05) is 38.8 Å². The van der Waals surface area contributed by atoms with Crippen molar-refractivity contribution in [2.45, 2.75) is 19.5 Å². The third kappa shape index (κ3) is 7.38. The molecular formula is C20H36IN5O3. The molecule has 0 bridgehead atoms. The van der Waals surface area contributed by atoms with Gasteiger partial charge in [0.05, 0.1) is 27.9 Å². The second kappa shape index (κ2) is 13.0. The largest absolute Gasteiger partial charge is 0.493 e. The van der Waals surface area contributed by atoms with E-state index < -0.39 is 0 Å². The maximum absolute atomic E-state index is 5.43. The van der Waals surface area contributed by atoms with E-state index >= 15 is 0 Å². The number of halogens is 1.